The molecule has 0 saturated carbocycles. The van der Waals surface area contributed by atoms with Crippen LogP contribution in [-0.4, -0.2) is 5.91 Å². The third-order valence-corrected chi connectivity index (χ3v) is 2.90. The van der Waals surface area contributed by atoms with Crippen molar-refractivity contribution in [2.75, 3.05) is 11.1 Å². The maximum atomic E-state index is 13.0. The molecule has 0 aliphatic heterocycles. The number of anilines is 2. The molecule has 0 heterocycles. The molecule has 2 rings (SSSR count). The van der Waals surface area contributed by atoms with Gasteiger partial charge in [0.25, 0.3) is 5.91 Å². The number of carbonyl (C=O) groups is 1. The Morgan fingerprint density at radius 2 is 2.05 bits per heavy atom. The summed E-state index contributed by atoms with van der Waals surface area (Å²) in [6.45, 7) is 0. The molecule has 0 bridgehead atoms. The fourth-order valence-corrected chi connectivity index (χ4v) is 1.90. The van der Waals surface area contributed by atoms with Crippen molar-refractivity contribution in [2.24, 2.45) is 0 Å². The average molecular weight is 290 g/mol. The Labute approximate surface area is 119 Å². The van der Waals surface area contributed by atoms with Gasteiger partial charge in [0, 0.05) is 5.69 Å². The smallest absolute Gasteiger partial charge is 0.257 e. The SMILES string of the molecule is N#Cc1cc(F)ccc1NC(=O)c1ccc(N)cc1Cl. The first kappa shape index (κ1) is 13.8. The zero-order chi connectivity index (χ0) is 14.7. The van der Waals surface area contributed by atoms with Crippen LogP contribution < -0.4 is 11.1 Å². The highest BCUT2D eigenvalue weighted by atomic mass is 35.5. The summed E-state index contributed by atoms with van der Waals surface area (Å²) in [5, 5.41) is 11.6. The van der Waals surface area contributed by atoms with Crippen LogP contribution in [0.1, 0.15) is 15.9 Å². The fourth-order valence-electron chi connectivity index (χ4n) is 1.62. The summed E-state index contributed by atoms with van der Waals surface area (Å²) in [7, 11) is 0. The number of nitrogens with two attached hydrogens (primary N) is 1. The molecule has 0 spiro atoms. The van der Waals surface area contributed by atoms with Crippen LogP contribution in [0.2, 0.25) is 5.02 Å². The van der Waals surface area contributed by atoms with Crippen LogP contribution >= 0.6 is 11.6 Å². The van der Waals surface area contributed by atoms with E-state index in [0.29, 0.717) is 5.69 Å². The predicted octanol–water partition coefficient (Wildman–Crippen LogP) is 3.19. The van der Waals surface area contributed by atoms with Gasteiger partial charge in [-0.1, -0.05) is 11.6 Å². The van der Waals surface area contributed by atoms with Crippen molar-refractivity contribution in [1.29, 1.82) is 5.26 Å². The minimum atomic E-state index is -0.551. The molecule has 2 aromatic rings. The van der Waals surface area contributed by atoms with Gasteiger partial charge in [0.15, 0.2) is 0 Å². The summed E-state index contributed by atoms with van der Waals surface area (Å²) in [5.74, 6) is -1.05. The van der Waals surface area contributed by atoms with Gasteiger partial charge in [-0.05, 0) is 36.4 Å². The second-order valence-corrected chi connectivity index (χ2v) is 4.40. The topological polar surface area (TPSA) is 78.9 Å². The number of hydrogen-bond donors (Lipinski definition) is 2. The van der Waals surface area contributed by atoms with Crippen LogP contribution in [0.3, 0.4) is 0 Å². The summed E-state index contributed by atoms with van der Waals surface area (Å²) >= 11 is 5.92. The van der Waals surface area contributed by atoms with Crippen LogP contribution in [0.4, 0.5) is 15.8 Å². The quantitative estimate of drug-likeness (QED) is 0.833. The van der Waals surface area contributed by atoms with Gasteiger partial charge in [0.1, 0.15) is 11.9 Å². The molecule has 100 valence electrons. The molecule has 0 atom stereocenters. The zero-order valence-electron chi connectivity index (χ0n) is 10.2. The van der Waals surface area contributed by atoms with E-state index < -0.39 is 11.7 Å². The Morgan fingerprint density at radius 3 is 2.70 bits per heavy atom. The molecule has 0 aliphatic rings. The fraction of sp³-hybridized carbons (Fsp3) is 0. The molecule has 0 fully saturated rings. The van der Waals surface area contributed by atoms with Gasteiger partial charge in [0.05, 0.1) is 21.8 Å². The van der Waals surface area contributed by atoms with Crippen LogP contribution in [0, 0.1) is 17.1 Å². The Balaban J connectivity index is 2.31. The third-order valence-electron chi connectivity index (χ3n) is 2.59. The van der Waals surface area contributed by atoms with Crippen LogP contribution in [0.25, 0.3) is 0 Å². The van der Waals surface area contributed by atoms with E-state index in [-0.39, 0.29) is 21.8 Å². The minimum Gasteiger partial charge on any atom is -0.399 e. The third kappa shape index (κ3) is 2.87. The number of nitriles is 1. The van der Waals surface area contributed by atoms with Gasteiger partial charge < -0.3 is 11.1 Å². The Hall–Kier alpha value is -2.58. The summed E-state index contributed by atoms with van der Waals surface area (Å²) < 4.78 is 13.0. The van der Waals surface area contributed by atoms with Crippen molar-refractivity contribution in [2.45, 2.75) is 0 Å². The lowest BCUT2D eigenvalue weighted by Gasteiger charge is -2.08. The van der Waals surface area contributed by atoms with E-state index in [2.05, 4.69) is 5.32 Å². The van der Waals surface area contributed by atoms with Gasteiger partial charge in [-0.25, -0.2) is 4.39 Å². The lowest BCUT2D eigenvalue weighted by Crippen LogP contribution is -2.13. The first-order valence-corrected chi connectivity index (χ1v) is 5.95. The highest BCUT2D eigenvalue weighted by molar-refractivity contribution is 6.34. The molecular weight excluding hydrogens is 281 g/mol. The lowest BCUT2D eigenvalue weighted by molar-refractivity contribution is 0.102. The van der Waals surface area contributed by atoms with Gasteiger partial charge in [0.2, 0.25) is 0 Å². The first-order valence-electron chi connectivity index (χ1n) is 5.57. The second-order valence-electron chi connectivity index (χ2n) is 4.00. The molecular formula is C14H9ClFN3O. The van der Waals surface area contributed by atoms with E-state index in [9.17, 15) is 9.18 Å². The van der Waals surface area contributed by atoms with E-state index in [1.54, 1.807) is 0 Å². The highest BCUT2D eigenvalue weighted by Gasteiger charge is 2.13. The van der Waals surface area contributed by atoms with Crippen LogP contribution in [-0.2, 0) is 0 Å². The van der Waals surface area contributed by atoms with E-state index in [0.717, 1.165) is 12.1 Å². The molecule has 0 unspecified atom stereocenters. The van der Waals surface area contributed by atoms with Gasteiger partial charge >= 0.3 is 0 Å². The second kappa shape index (κ2) is 5.59. The number of benzene rings is 2. The van der Waals surface area contributed by atoms with Crippen molar-refractivity contribution in [3.8, 4) is 6.07 Å². The van der Waals surface area contributed by atoms with Crippen LogP contribution in [0.5, 0.6) is 0 Å². The van der Waals surface area contributed by atoms with Gasteiger partial charge in [-0.15, -0.1) is 0 Å². The summed E-state index contributed by atoms with van der Waals surface area (Å²) in [4.78, 5) is 12.1. The monoisotopic (exact) mass is 289 g/mol. The van der Waals surface area contributed by atoms with Crippen molar-refractivity contribution in [3.05, 3.63) is 58.4 Å². The van der Waals surface area contributed by atoms with Crippen molar-refractivity contribution in [1.82, 2.24) is 0 Å². The van der Waals surface area contributed by atoms with Crippen molar-refractivity contribution >= 4 is 28.9 Å². The summed E-state index contributed by atoms with van der Waals surface area (Å²) in [6.07, 6.45) is 0. The predicted molar refractivity (Wildman–Crippen MR) is 74.9 cm³/mol. The highest BCUT2D eigenvalue weighted by Crippen LogP contribution is 2.22. The van der Waals surface area contributed by atoms with Crippen LogP contribution in [0.15, 0.2) is 36.4 Å². The number of rotatable bonds is 2. The molecule has 0 aromatic heterocycles. The van der Waals surface area contributed by atoms with Gasteiger partial charge in [-0.3, -0.25) is 4.79 Å². The van der Waals surface area contributed by atoms with E-state index >= 15 is 0 Å². The average Bonchev–Trinajstić information content (AvgIpc) is 2.40. The Morgan fingerprint density at radius 1 is 1.30 bits per heavy atom. The summed E-state index contributed by atoms with van der Waals surface area (Å²) in [5.41, 5.74) is 6.44. The molecule has 4 nitrogen and oxygen atoms in total. The number of nitrogen functional groups attached to an aromatic ring is 1. The number of amides is 1. The number of carbonyl (C=O) groups excluding carboxylic acids is 1. The minimum absolute atomic E-state index is 0.0323. The molecule has 6 heteroatoms. The molecule has 0 saturated heterocycles. The number of nitrogens with zero attached hydrogens (tertiary/aromatic N) is 1. The maximum Gasteiger partial charge on any atom is 0.257 e. The van der Waals surface area contributed by atoms with Crippen molar-refractivity contribution < 1.29 is 9.18 Å². The lowest BCUT2D eigenvalue weighted by atomic mass is 10.1. The summed E-state index contributed by atoms with van der Waals surface area (Å²) in [6, 6.07) is 9.79. The molecule has 0 radical (unpaired) electrons. The molecule has 0 aliphatic carbocycles. The normalized spacial score (nSPS) is 9.85. The Kier molecular flexibility index (Phi) is 3.87. The maximum absolute atomic E-state index is 13.0. The van der Waals surface area contributed by atoms with E-state index in [1.807, 2.05) is 6.07 Å². The molecule has 2 aromatic carbocycles. The Bertz CT molecular complexity index is 725. The van der Waals surface area contributed by atoms with Gasteiger partial charge in [-0.2, -0.15) is 5.26 Å². The molecule has 20 heavy (non-hydrogen) atoms. The number of halogens is 2. The molecule has 1 amide bonds. The van der Waals surface area contributed by atoms with Crippen molar-refractivity contribution in [3.63, 3.8) is 0 Å². The van der Waals surface area contributed by atoms with E-state index in [4.69, 9.17) is 22.6 Å². The first-order chi connectivity index (χ1) is 9.51. The largest absolute Gasteiger partial charge is 0.399 e. The molecule has 3 N–H and O–H groups in total. The number of hydrogen-bond acceptors (Lipinski definition) is 3. The number of nitrogens with one attached hydrogen (secondary N) is 1. The zero-order valence-corrected chi connectivity index (χ0v) is 10.9. The standard InChI is InChI=1S/C14H9ClFN3O/c15-12-6-10(18)2-3-11(12)14(20)19-13-4-1-9(16)5-8(13)7-17/h1-6H,18H2,(H,19,20). The van der Waals surface area contributed by atoms with E-state index in [1.165, 1.54) is 24.3 Å².